The second-order valence-electron chi connectivity index (χ2n) is 11.2. The van der Waals surface area contributed by atoms with Gasteiger partial charge in [0.2, 0.25) is 5.91 Å². The van der Waals surface area contributed by atoms with Crippen LogP contribution in [0.25, 0.3) is 11.0 Å². The molecule has 3 aliphatic heterocycles. The van der Waals surface area contributed by atoms with Crippen LogP contribution in [-0.4, -0.2) is 97.8 Å². The lowest BCUT2D eigenvalue weighted by Gasteiger charge is -2.42. The number of aliphatic hydroxyl groups excluding tert-OH is 4. The van der Waals surface area contributed by atoms with Gasteiger partial charge in [0.15, 0.2) is 5.43 Å². The smallest absolute Gasteiger partial charge is 0.249 e. The summed E-state index contributed by atoms with van der Waals surface area (Å²) >= 11 is 0. The molecule has 13 heteroatoms. The fourth-order valence-electron chi connectivity index (χ4n) is 5.33. The number of carbonyl (C=O) groups is 1. The molecule has 6 N–H and O–H groups in total. The second-order valence-corrected chi connectivity index (χ2v) is 11.2. The number of aliphatic hydroxyl groups is 5. The van der Waals surface area contributed by atoms with Crippen molar-refractivity contribution >= 4 is 16.9 Å². The normalized spacial score (nSPS) is 24.6. The van der Waals surface area contributed by atoms with E-state index < -0.39 is 67.3 Å². The first kappa shape index (κ1) is 29.2. The molecular formula is C28H34N2O11. The molecule has 0 radical (unpaired) electrons. The molecule has 222 valence electrons. The number of fused-ring (bicyclic) bond motifs is 3. The molecule has 2 aromatic rings. The van der Waals surface area contributed by atoms with E-state index in [1.165, 1.54) is 17.0 Å². The van der Waals surface area contributed by atoms with Crippen molar-refractivity contribution in [3.8, 4) is 5.75 Å². The number of nitrogens with one attached hydrogen (secondary N) is 1. The molecule has 3 aliphatic rings. The van der Waals surface area contributed by atoms with Crippen molar-refractivity contribution in [1.82, 2.24) is 10.2 Å². The number of β-amino-alcohol motifs (C(OH)–C–C–N with tert-alkyl or cyclic N) is 1. The highest BCUT2D eigenvalue weighted by molar-refractivity contribution is 5.92. The van der Waals surface area contributed by atoms with Crippen molar-refractivity contribution in [3.05, 3.63) is 63.8 Å². The molecule has 0 aliphatic carbocycles. The van der Waals surface area contributed by atoms with Crippen LogP contribution >= 0.6 is 0 Å². The van der Waals surface area contributed by atoms with E-state index in [2.05, 4.69) is 5.32 Å². The van der Waals surface area contributed by atoms with Gasteiger partial charge >= 0.3 is 0 Å². The first-order chi connectivity index (χ1) is 19.3. The summed E-state index contributed by atoms with van der Waals surface area (Å²) in [7, 11) is 0. The van der Waals surface area contributed by atoms with Gasteiger partial charge in [0.05, 0.1) is 24.6 Å². The number of carbonyl (C=O) groups excluding carboxylic acids is 1. The number of aryl methyl sites for hydroxylation is 1. The Balaban J connectivity index is 1.30. The molecular weight excluding hydrogens is 540 g/mol. The molecule has 41 heavy (non-hydrogen) atoms. The number of hydrogen-bond donors (Lipinski definition) is 6. The van der Waals surface area contributed by atoms with Crippen molar-refractivity contribution < 1.29 is 49.3 Å². The maximum absolute atomic E-state index is 12.6. The summed E-state index contributed by atoms with van der Waals surface area (Å²) in [5.74, 6) is 0.515. The predicted molar refractivity (Wildman–Crippen MR) is 142 cm³/mol. The van der Waals surface area contributed by atoms with Crippen molar-refractivity contribution in [1.29, 1.82) is 0 Å². The van der Waals surface area contributed by atoms with Gasteiger partial charge < -0.3 is 44.9 Å². The summed E-state index contributed by atoms with van der Waals surface area (Å²) in [4.78, 5) is 37.2. The van der Waals surface area contributed by atoms with Gasteiger partial charge in [-0.1, -0.05) is 0 Å². The summed E-state index contributed by atoms with van der Waals surface area (Å²) in [6.45, 7) is 3.04. The fourth-order valence-corrected chi connectivity index (χ4v) is 5.33. The first-order valence-electron chi connectivity index (χ1n) is 13.2. The van der Waals surface area contributed by atoms with Gasteiger partial charge in [-0.25, -0.2) is 9.78 Å². The van der Waals surface area contributed by atoms with Crippen LogP contribution in [0.2, 0.25) is 0 Å². The zero-order valence-corrected chi connectivity index (χ0v) is 22.8. The van der Waals surface area contributed by atoms with Crippen LogP contribution in [0, 0.1) is 6.92 Å². The van der Waals surface area contributed by atoms with Crippen LogP contribution in [0.5, 0.6) is 5.75 Å². The Kier molecular flexibility index (Phi) is 7.72. The number of amides is 1. The molecule has 1 amide bonds. The van der Waals surface area contributed by atoms with E-state index in [-0.39, 0.29) is 11.8 Å². The van der Waals surface area contributed by atoms with E-state index in [9.17, 15) is 35.1 Å². The number of hydrogen-bond acceptors (Lipinski definition) is 12. The van der Waals surface area contributed by atoms with Crippen molar-refractivity contribution in [2.24, 2.45) is 0 Å². The average molecular weight is 575 g/mol. The largest absolute Gasteiger partial charge is 0.485 e. The Morgan fingerprint density at radius 3 is 2.71 bits per heavy atom. The van der Waals surface area contributed by atoms with E-state index >= 15 is 0 Å². The topological polar surface area (TPSA) is 191 Å². The first-order valence-corrected chi connectivity index (χ1v) is 13.2. The van der Waals surface area contributed by atoms with Crippen LogP contribution in [0.15, 0.2) is 51.5 Å². The molecule has 0 spiro atoms. The standard InChI is InChI=1S/C28H34N2O11/c1-14-6-19(32)16-7-15-8-24(27(2,3)40-21(15)10-22(16)39-14)41-38-12-23(34)28(37,26(36)20(33)11-31)13-30-18-4-5-29-17(18)9-25(30)35/h4-7,9-10,18,20,23-24,26,29,31,33-34,36-37H,8,11-13H2,1-3H3. The summed E-state index contributed by atoms with van der Waals surface area (Å²) in [6.07, 6.45) is -1.59. The third-order valence-corrected chi connectivity index (χ3v) is 7.81. The van der Waals surface area contributed by atoms with Crippen LogP contribution < -0.4 is 15.5 Å². The molecule has 1 aromatic heterocycles. The molecule has 0 fully saturated rings. The van der Waals surface area contributed by atoms with Crippen LogP contribution in [-0.2, 0) is 21.0 Å². The highest BCUT2D eigenvalue weighted by Crippen LogP contribution is 2.37. The summed E-state index contributed by atoms with van der Waals surface area (Å²) in [6, 6.07) is 4.17. The van der Waals surface area contributed by atoms with E-state index in [0.29, 0.717) is 33.7 Å². The highest BCUT2D eigenvalue weighted by atomic mass is 17.2. The Morgan fingerprint density at radius 2 is 1.98 bits per heavy atom. The predicted octanol–water partition coefficient (Wildman–Crippen LogP) is -0.851. The molecule has 4 heterocycles. The minimum atomic E-state index is -2.52. The molecule has 0 saturated carbocycles. The van der Waals surface area contributed by atoms with Gasteiger partial charge in [-0.15, -0.1) is 0 Å². The molecule has 13 nitrogen and oxygen atoms in total. The Labute approximate surface area is 234 Å². The number of ether oxygens (including phenoxy) is 1. The third-order valence-electron chi connectivity index (χ3n) is 7.81. The van der Waals surface area contributed by atoms with Gasteiger partial charge in [0.25, 0.3) is 0 Å². The van der Waals surface area contributed by atoms with Crippen LogP contribution in [0.1, 0.15) is 25.2 Å². The van der Waals surface area contributed by atoms with Gasteiger partial charge in [0, 0.05) is 30.3 Å². The Hall–Kier alpha value is -3.30. The zero-order valence-electron chi connectivity index (χ0n) is 22.8. The quantitative estimate of drug-likeness (QED) is 0.152. The third kappa shape index (κ3) is 5.37. The van der Waals surface area contributed by atoms with Crippen molar-refractivity contribution in [2.45, 2.75) is 68.9 Å². The number of nitrogens with zero attached hydrogens (tertiary/aromatic N) is 1. The number of rotatable bonds is 10. The van der Waals surface area contributed by atoms with Crippen molar-refractivity contribution in [3.63, 3.8) is 0 Å². The van der Waals surface area contributed by atoms with E-state index in [1.54, 1.807) is 45.2 Å². The minimum Gasteiger partial charge on any atom is -0.485 e. The Morgan fingerprint density at radius 1 is 1.22 bits per heavy atom. The van der Waals surface area contributed by atoms with Gasteiger partial charge in [-0.2, -0.15) is 0 Å². The van der Waals surface area contributed by atoms with Gasteiger partial charge in [0.1, 0.15) is 59.3 Å². The fraction of sp³-hybridized carbons (Fsp3) is 0.500. The molecule has 5 rings (SSSR count). The highest BCUT2D eigenvalue weighted by Gasteiger charge is 2.50. The molecule has 0 bridgehead atoms. The lowest BCUT2D eigenvalue weighted by Crippen LogP contribution is -2.65. The van der Waals surface area contributed by atoms with Crippen LogP contribution in [0.4, 0.5) is 0 Å². The number of benzene rings is 1. The molecule has 6 atom stereocenters. The lowest BCUT2D eigenvalue weighted by atomic mass is 9.86. The summed E-state index contributed by atoms with van der Waals surface area (Å²) < 4.78 is 11.8. The Bertz CT molecular complexity index is 1450. The van der Waals surface area contributed by atoms with E-state index in [0.717, 1.165) is 0 Å². The molecule has 0 saturated heterocycles. The van der Waals surface area contributed by atoms with Crippen molar-refractivity contribution in [2.75, 3.05) is 19.8 Å². The SMILES string of the molecule is Cc1cc(=O)c2cc3c(cc2o1)OC(C)(C)C(OOCC(O)C(O)(CN1C(=O)C=C2NC=CC21)C(O)C(O)CO)C3. The second kappa shape index (κ2) is 10.8. The van der Waals surface area contributed by atoms with E-state index in [4.69, 9.17) is 18.9 Å². The van der Waals surface area contributed by atoms with E-state index in [1.807, 2.05) is 0 Å². The lowest BCUT2D eigenvalue weighted by molar-refractivity contribution is -0.363. The maximum atomic E-state index is 12.6. The van der Waals surface area contributed by atoms with Crippen LogP contribution in [0.3, 0.4) is 0 Å². The minimum absolute atomic E-state index is 0.196. The average Bonchev–Trinajstić information content (AvgIpc) is 3.48. The van der Waals surface area contributed by atoms with Gasteiger partial charge in [-0.3, -0.25) is 9.59 Å². The van der Waals surface area contributed by atoms with Gasteiger partial charge in [-0.05, 0) is 44.7 Å². The monoisotopic (exact) mass is 574 g/mol. The summed E-state index contributed by atoms with van der Waals surface area (Å²) in [5.41, 5.74) is -2.01. The molecule has 1 aromatic carbocycles. The summed E-state index contributed by atoms with van der Waals surface area (Å²) in [5, 5.41) is 55.9. The maximum Gasteiger partial charge on any atom is 0.249 e. The zero-order chi connectivity index (χ0) is 29.7. The molecule has 6 unspecified atom stereocenters.